The molecule has 5 heteroatoms. The summed E-state index contributed by atoms with van der Waals surface area (Å²) >= 11 is 12.2. The highest BCUT2D eigenvalue weighted by Crippen LogP contribution is 2.29. The Morgan fingerprint density at radius 1 is 1.21 bits per heavy atom. The number of anilines is 1. The molecule has 1 fully saturated rings. The highest BCUT2D eigenvalue weighted by molar-refractivity contribution is 6.42. The number of likely N-dealkylation sites (tertiary alicyclic amines) is 1. The summed E-state index contributed by atoms with van der Waals surface area (Å²) in [6.45, 7) is 8.90. The third-order valence-corrected chi connectivity index (χ3v) is 6.18. The molecule has 1 heterocycles. The summed E-state index contributed by atoms with van der Waals surface area (Å²) in [5.41, 5.74) is 4.40. The van der Waals surface area contributed by atoms with Crippen molar-refractivity contribution in [1.29, 1.82) is 0 Å². The molecule has 3 nitrogen and oxygen atoms in total. The zero-order chi connectivity index (χ0) is 20.3. The number of aryl methyl sites for hydroxylation is 1. The number of amides is 1. The SMILES string of the molecule is Cc1cccc(C(C)C)c1NC(=O)C1CCCN(Cc2ccc(Cl)c(Cl)c2)C1. The van der Waals surface area contributed by atoms with Crippen LogP contribution in [0.25, 0.3) is 0 Å². The lowest BCUT2D eigenvalue weighted by atomic mass is 9.94. The van der Waals surface area contributed by atoms with Gasteiger partial charge < -0.3 is 5.32 Å². The van der Waals surface area contributed by atoms with E-state index in [9.17, 15) is 4.79 Å². The Morgan fingerprint density at radius 2 is 2.00 bits per heavy atom. The Balaban J connectivity index is 1.67. The molecule has 0 spiro atoms. The van der Waals surface area contributed by atoms with Gasteiger partial charge in [-0.25, -0.2) is 0 Å². The van der Waals surface area contributed by atoms with Gasteiger partial charge in [-0.05, 0) is 61.1 Å². The minimum atomic E-state index is -0.00357. The molecule has 0 aliphatic carbocycles. The third kappa shape index (κ3) is 5.08. The lowest BCUT2D eigenvalue weighted by Gasteiger charge is -2.32. The predicted molar refractivity (Wildman–Crippen MR) is 118 cm³/mol. The van der Waals surface area contributed by atoms with Gasteiger partial charge in [0, 0.05) is 18.8 Å². The number of nitrogens with zero attached hydrogens (tertiary/aromatic N) is 1. The van der Waals surface area contributed by atoms with Crippen LogP contribution in [0.1, 0.15) is 49.3 Å². The maximum Gasteiger partial charge on any atom is 0.228 e. The highest BCUT2D eigenvalue weighted by atomic mass is 35.5. The number of piperidine rings is 1. The van der Waals surface area contributed by atoms with Gasteiger partial charge in [-0.3, -0.25) is 9.69 Å². The fourth-order valence-electron chi connectivity index (χ4n) is 3.88. The molecular formula is C23H28Cl2N2O. The first-order valence-corrected chi connectivity index (χ1v) is 10.7. The van der Waals surface area contributed by atoms with Gasteiger partial charge in [-0.2, -0.15) is 0 Å². The Labute approximate surface area is 178 Å². The Morgan fingerprint density at radius 3 is 2.71 bits per heavy atom. The minimum absolute atomic E-state index is 0.00357. The Hall–Kier alpha value is -1.55. The molecule has 2 aromatic rings. The summed E-state index contributed by atoms with van der Waals surface area (Å²) in [7, 11) is 0. The minimum Gasteiger partial charge on any atom is -0.325 e. The van der Waals surface area contributed by atoms with Crippen LogP contribution >= 0.6 is 23.2 Å². The van der Waals surface area contributed by atoms with Crippen molar-refractivity contribution < 1.29 is 4.79 Å². The molecular weight excluding hydrogens is 391 g/mol. The molecule has 1 unspecified atom stereocenters. The van der Waals surface area contributed by atoms with Gasteiger partial charge in [0.15, 0.2) is 0 Å². The summed E-state index contributed by atoms with van der Waals surface area (Å²) in [4.78, 5) is 15.3. The van der Waals surface area contributed by atoms with E-state index in [1.54, 1.807) is 0 Å². The molecule has 0 bridgehead atoms. The number of benzene rings is 2. The highest BCUT2D eigenvalue weighted by Gasteiger charge is 2.27. The molecule has 1 atom stereocenters. The molecule has 0 radical (unpaired) electrons. The summed E-state index contributed by atoms with van der Waals surface area (Å²) < 4.78 is 0. The standard InChI is InChI=1S/C23H28Cl2N2O/c1-15(2)19-8-4-6-16(3)22(19)26-23(28)18-7-5-11-27(14-18)13-17-9-10-20(24)21(25)12-17/h4,6,8-10,12,15,18H,5,7,11,13-14H2,1-3H3,(H,26,28). The quantitative estimate of drug-likeness (QED) is 0.619. The molecule has 3 rings (SSSR count). The lowest BCUT2D eigenvalue weighted by Crippen LogP contribution is -2.40. The summed E-state index contributed by atoms with van der Waals surface area (Å²) in [5, 5.41) is 4.37. The van der Waals surface area contributed by atoms with Crippen molar-refractivity contribution in [1.82, 2.24) is 4.90 Å². The van der Waals surface area contributed by atoms with E-state index in [0.717, 1.165) is 49.3 Å². The maximum absolute atomic E-state index is 13.0. The Kier molecular flexibility index (Phi) is 7.03. The first kappa shape index (κ1) is 21.2. The zero-order valence-corrected chi connectivity index (χ0v) is 18.3. The number of para-hydroxylation sites is 1. The molecule has 1 saturated heterocycles. The van der Waals surface area contributed by atoms with Crippen LogP contribution in [-0.2, 0) is 11.3 Å². The largest absolute Gasteiger partial charge is 0.325 e. The number of rotatable bonds is 5. The molecule has 150 valence electrons. The summed E-state index contributed by atoms with van der Waals surface area (Å²) in [6.07, 6.45) is 1.94. The normalized spacial score (nSPS) is 17.7. The van der Waals surface area contributed by atoms with Crippen LogP contribution in [0.5, 0.6) is 0 Å². The molecule has 28 heavy (non-hydrogen) atoms. The lowest BCUT2D eigenvalue weighted by molar-refractivity contribution is -0.121. The van der Waals surface area contributed by atoms with Crippen LogP contribution in [-0.4, -0.2) is 23.9 Å². The van der Waals surface area contributed by atoms with E-state index in [2.05, 4.69) is 49.2 Å². The van der Waals surface area contributed by atoms with Gasteiger partial charge >= 0.3 is 0 Å². The number of carbonyl (C=O) groups excluding carboxylic acids is 1. The van der Waals surface area contributed by atoms with Gasteiger partial charge in [-0.15, -0.1) is 0 Å². The summed E-state index contributed by atoms with van der Waals surface area (Å²) in [6, 6.07) is 12.0. The van der Waals surface area contributed by atoms with Crippen molar-refractivity contribution in [3.8, 4) is 0 Å². The second-order valence-corrected chi connectivity index (χ2v) is 8.82. The first-order chi connectivity index (χ1) is 13.3. The molecule has 1 N–H and O–H groups in total. The van der Waals surface area contributed by atoms with Gasteiger partial charge in [0.05, 0.1) is 16.0 Å². The average Bonchev–Trinajstić information content (AvgIpc) is 2.66. The average molecular weight is 419 g/mol. The van der Waals surface area contributed by atoms with E-state index >= 15 is 0 Å². The number of nitrogens with one attached hydrogen (secondary N) is 1. The van der Waals surface area contributed by atoms with E-state index in [1.165, 1.54) is 5.56 Å². The third-order valence-electron chi connectivity index (χ3n) is 5.44. The number of hydrogen-bond donors (Lipinski definition) is 1. The first-order valence-electron chi connectivity index (χ1n) is 9.91. The van der Waals surface area contributed by atoms with Gasteiger partial charge in [0.25, 0.3) is 0 Å². The zero-order valence-electron chi connectivity index (χ0n) is 16.8. The topological polar surface area (TPSA) is 32.3 Å². The monoisotopic (exact) mass is 418 g/mol. The van der Waals surface area contributed by atoms with E-state index < -0.39 is 0 Å². The second kappa shape index (κ2) is 9.30. The molecule has 1 aliphatic heterocycles. The van der Waals surface area contributed by atoms with Crippen LogP contribution in [0.3, 0.4) is 0 Å². The van der Waals surface area contributed by atoms with Crippen molar-refractivity contribution in [2.75, 3.05) is 18.4 Å². The molecule has 2 aromatic carbocycles. The van der Waals surface area contributed by atoms with Crippen LogP contribution in [0, 0.1) is 12.8 Å². The smallest absolute Gasteiger partial charge is 0.228 e. The Bertz CT molecular complexity index is 850. The van der Waals surface area contributed by atoms with E-state index in [1.807, 2.05) is 18.2 Å². The van der Waals surface area contributed by atoms with E-state index in [4.69, 9.17) is 23.2 Å². The van der Waals surface area contributed by atoms with Gasteiger partial charge in [0.1, 0.15) is 0 Å². The van der Waals surface area contributed by atoms with Crippen molar-refractivity contribution in [3.05, 3.63) is 63.1 Å². The van der Waals surface area contributed by atoms with Crippen LogP contribution < -0.4 is 5.32 Å². The van der Waals surface area contributed by atoms with E-state index in [0.29, 0.717) is 16.0 Å². The van der Waals surface area contributed by atoms with Crippen molar-refractivity contribution >= 4 is 34.8 Å². The van der Waals surface area contributed by atoms with Gasteiger partial charge in [-0.1, -0.05) is 61.3 Å². The van der Waals surface area contributed by atoms with Crippen molar-refractivity contribution in [2.24, 2.45) is 5.92 Å². The number of hydrogen-bond acceptors (Lipinski definition) is 2. The van der Waals surface area contributed by atoms with Crippen LogP contribution in [0.15, 0.2) is 36.4 Å². The predicted octanol–water partition coefficient (Wildman–Crippen LogP) is 6.28. The van der Waals surface area contributed by atoms with Crippen molar-refractivity contribution in [3.63, 3.8) is 0 Å². The van der Waals surface area contributed by atoms with Crippen LogP contribution in [0.2, 0.25) is 10.0 Å². The molecule has 1 amide bonds. The fourth-order valence-corrected chi connectivity index (χ4v) is 4.20. The molecule has 0 aromatic heterocycles. The van der Waals surface area contributed by atoms with Gasteiger partial charge in [0.2, 0.25) is 5.91 Å². The second-order valence-electron chi connectivity index (χ2n) is 8.01. The molecule has 1 aliphatic rings. The number of halogens is 2. The number of carbonyl (C=O) groups is 1. The van der Waals surface area contributed by atoms with Crippen molar-refractivity contribution in [2.45, 2.75) is 46.1 Å². The maximum atomic E-state index is 13.0. The van der Waals surface area contributed by atoms with E-state index in [-0.39, 0.29) is 11.8 Å². The summed E-state index contributed by atoms with van der Waals surface area (Å²) in [5.74, 6) is 0.485. The molecule has 0 saturated carbocycles. The van der Waals surface area contributed by atoms with Crippen LogP contribution in [0.4, 0.5) is 5.69 Å². The fraction of sp³-hybridized carbons (Fsp3) is 0.435.